The van der Waals surface area contributed by atoms with Gasteiger partial charge in [0.1, 0.15) is 5.84 Å². The summed E-state index contributed by atoms with van der Waals surface area (Å²) in [6.45, 7) is 10.7. The predicted octanol–water partition coefficient (Wildman–Crippen LogP) is 1.26. The molecule has 0 saturated heterocycles. The quantitative estimate of drug-likeness (QED) is 0.285. The molecule has 0 unspecified atom stereocenters. The third-order valence-electron chi connectivity index (χ3n) is 2.34. The van der Waals surface area contributed by atoms with Gasteiger partial charge in [0, 0.05) is 25.6 Å². The fourth-order valence-electron chi connectivity index (χ4n) is 1.34. The lowest BCUT2D eigenvalue weighted by Gasteiger charge is -2.26. The Kier molecular flexibility index (Phi) is 7.93. The number of ether oxygens (including phenoxy) is 1. The highest BCUT2D eigenvalue weighted by atomic mass is 16.5. The Morgan fingerprint density at radius 1 is 1.31 bits per heavy atom. The average molecular weight is 231 g/mol. The fraction of sp³-hybridized carbons (Fsp3) is 0.909. The smallest absolute Gasteiger partial charge is 0.140 e. The molecule has 0 atom stereocenters. The number of hydrogen-bond donors (Lipinski definition) is 2. The summed E-state index contributed by atoms with van der Waals surface area (Å²) in [7, 11) is 0. The molecule has 3 N–H and O–H groups in total. The van der Waals surface area contributed by atoms with Crippen LogP contribution in [0.3, 0.4) is 0 Å². The lowest BCUT2D eigenvalue weighted by molar-refractivity contribution is 0.0530. The van der Waals surface area contributed by atoms with Gasteiger partial charge >= 0.3 is 0 Å². The topological polar surface area (TPSA) is 71.1 Å². The van der Waals surface area contributed by atoms with Crippen molar-refractivity contribution in [2.75, 3.05) is 19.7 Å². The summed E-state index contributed by atoms with van der Waals surface area (Å²) < 4.78 is 5.50. The van der Waals surface area contributed by atoms with Gasteiger partial charge in [-0.3, -0.25) is 4.90 Å². The molecule has 5 nitrogen and oxygen atoms in total. The van der Waals surface area contributed by atoms with E-state index in [1.165, 1.54) is 0 Å². The molecular formula is C11H25N3O2. The largest absolute Gasteiger partial charge is 0.409 e. The zero-order chi connectivity index (χ0) is 12.6. The minimum atomic E-state index is 0.262. The maximum absolute atomic E-state index is 8.45. The van der Waals surface area contributed by atoms with Gasteiger partial charge in [0.2, 0.25) is 0 Å². The standard InChI is InChI=1S/C11H25N3O2/c1-9(2)14(6-5-11(12)13-15)7-8-16-10(3)4/h9-10,15H,5-8H2,1-4H3,(H2,12,13). The normalized spacial score (nSPS) is 13.1. The lowest BCUT2D eigenvalue weighted by atomic mass is 10.2. The van der Waals surface area contributed by atoms with Crippen molar-refractivity contribution in [3.8, 4) is 0 Å². The van der Waals surface area contributed by atoms with Crippen molar-refractivity contribution in [3.05, 3.63) is 0 Å². The number of rotatable bonds is 8. The summed E-state index contributed by atoms with van der Waals surface area (Å²) in [5, 5.41) is 11.4. The Hall–Kier alpha value is -0.810. The van der Waals surface area contributed by atoms with Crippen LogP contribution in [0.4, 0.5) is 0 Å². The second-order valence-corrected chi connectivity index (χ2v) is 4.39. The van der Waals surface area contributed by atoms with E-state index in [2.05, 4.69) is 23.9 Å². The predicted molar refractivity (Wildman–Crippen MR) is 65.8 cm³/mol. The van der Waals surface area contributed by atoms with Crippen LogP contribution >= 0.6 is 0 Å². The molecule has 5 heteroatoms. The van der Waals surface area contributed by atoms with Crippen molar-refractivity contribution in [1.29, 1.82) is 0 Å². The van der Waals surface area contributed by atoms with Crippen molar-refractivity contribution in [3.63, 3.8) is 0 Å². The first-order chi connectivity index (χ1) is 7.47. The van der Waals surface area contributed by atoms with Gasteiger partial charge in [0.15, 0.2) is 0 Å². The van der Waals surface area contributed by atoms with Gasteiger partial charge in [-0.05, 0) is 27.7 Å². The summed E-state index contributed by atoms with van der Waals surface area (Å²) >= 11 is 0. The van der Waals surface area contributed by atoms with Crippen LogP contribution in [0.2, 0.25) is 0 Å². The summed E-state index contributed by atoms with van der Waals surface area (Å²) in [5.41, 5.74) is 5.44. The molecule has 0 bridgehead atoms. The van der Waals surface area contributed by atoms with Crippen molar-refractivity contribution in [1.82, 2.24) is 4.90 Å². The van der Waals surface area contributed by atoms with Gasteiger partial charge < -0.3 is 15.7 Å². The third kappa shape index (κ3) is 7.48. The Bertz CT molecular complexity index is 205. The molecule has 0 amide bonds. The Morgan fingerprint density at radius 2 is 1.94 bits per heavy atom. The molecule has 0 aliphatic carbocycles. The maximum atomic E-state index is 8.45. The fourth-order valence-corrected chi connectivity index (χ4v) is 1.34. The first kappa shape index (κ1) is 15.2. The van der Waals surface area contributed by atoms with E-state index in [1.807, 2.05) is 13.8 Å². The van der Waals surface area contributed by atoms with E-state index in [9.17, 15) is 0 Å². The van der Waals surface area contributed by atoms with Crippen LogP contribution in [0.5, 0.6) is 0 Å². The molecule has 0 radical (unpaired) electrons. The van der Waals surface area contributed by atoms with Crippen molar-refractivity contribution in [2.45, 2.75) is 46.3 Å². The second kappa shape index (κ2) is 8.35. The Balaban J connectivity index is 3.89. The van der Waals surface area contributed by atoms with Crippen molar-refractivity contribution >= 4 is 5.84 Å². The maximum Gasteiger partial charge on any atom is 0.140 e. The number of nitrogens with two attached hydrogens (primary N) is 1. The molecule has 0 aromatic carbocycles. The Morgan fingerprint density at radius 3 is 2.38 bits per heavy atom. The summed E-state index contributed by atoms with van der Waals surface area (Å²) in [6.07, 6.45) is 0.842. The third-order valence-corrected chi connectivity index (χ3v) is 2.34. The van der Waals surface area contributed by atoms with Crippen molar-refractivity contribution in [2.24, 2.45) is 10.9 Å². The first-order valence-corrected chi connectivity index (χ1v) is 5.79. The van der Waals surface area contributed by atoms with Crippen LogP contribution in [0.15, 0.2) is 5.16 Å². The molecule has 0 heterocycles. The van der Waals surface area contributed by atoms with Gasteiger partial charge in [-0.25, -0.2) is 0 Å². The minimum Gasteiger partial charge on any atom is -0.409 e. The second-order valence-electron chi connectivity index (χ2n) is 4.39. The van der Waals surface area contributed by atoms with Crippen LogP contribution in [0, 0.1) is 0 Å². The highest BCUT2D eigenvalue weighted by Crippen LogP contribution is 2.00. The van der Waals surface area contributed by atoms with Crippen LogP contribution < -0.4 is 5.73 Å². The monoisotopic (exact) mass is 231 g/mol. The molecule has 16 heavy (non-hydrogen) atoms. The number of nitrogens with zero attached hydrogens (tertiary/aromatic N) is 2. The molecule has 96 valence electrons. The highest BCUT2D eigenvalue weighted by Gasteiger charge is 2.10. The van der Waals surface area contributed by atoms with E-state index in [-0.39, 0.29) is 11.9 Å². The van der Waals surface area contributed by atoms with E-state index in [1.54, 1.807) is 0 Å². The number of hydrogen-bond acceptors (Lipinski definition) is 4. The van der Waals surface area contributed by atoms with Crippen LogP contribution in [0.25, 0.3) is 0 Å². The Labute approximate surface area is 98.2 Å². The zero-order valence-electron chi connectivity index (χ0n) is 10.8. The molecule has 0 aliphatic rings. The van der Waals surface area contributed by atoms with Crippen LogP contribution in [-0.2, 0) is 4.74 Å². The molecule has 0 aromatic heterocycles. The molecule has 0 fully saturated rings. The number of amidine groups is 1. The molecular weight excluding hydrogens is 206 g/mol. The van der Waals surface area contributed by atoms with E-state index in [4.69, 9.17) is 15.7 Å². The summed E-state index contributed by atoms with van der Waals surface area (Å²) in [4.78, 5) is 2.25. The van der Waals surface area contributed by atoms with Gasteiger partial charge in [-0.2, -0.15) is 0 Å². The number of oxime groups is 1. The first-order valence-electron chi connectivity index (χ1n) is 5.79. The van der Waals surface area contributed by atoms with Crippen LogP contribution in [0.1, 0.15) is 34.1 Å². The van der Waals surface area contributed by atoms with Crippen molar-refractivity contribution < 1.29 is 9.94 Å². The molecule has 0 aliphatic heterocycles. The highest BCUT2D eigenvalue weighted by molar-refractivity contribution is 5.79. The van der Waals surface area contributed by atoms with Crippen LogP contribution in [-0.4, -0.2) is 47.8 Å². The minimum absolute atomic E-state index is 0.262. The summed E-state index contributed by atoms with van der Waals surface area (Å²) in [5.74, 6) is 0.274. The van der Waals surface area contributed by atoms with Gasteiger partial charge in [0.05, 0.1) is 12.7 Å². The summed E-state index contributed by atoms with van der Waals surface area (Å²) in [6, 6.07) is 0.433. The van der Waals surface area contributed by atoms with E-state index in [0.717, 1.165) is 13.1 Å². The van der Waals surface area contributed by atoms with E-state index >= 15 is 0 Å². The molecule has 0 rings (SSSR count). The van der Waals surface area contributed by atoms with Gasteiger partial charge in [0.25, 0.3) is 0 Å². The molecule has 0 aromatic rings. The lowest BCUT2D eigenvalue weighted by Crippen LogP contribution is -2.36. The zero-order valence-corrected chi connectivity index (χ0v) is 10.8. The van der Waals surface area contributed by atoms with E-state index < -0.39 is 0 Å². The van der Waals surface area contributed by atoms with Gasteiger partial charge in [-0.1, -0.05) is 5.16 Å². The average Bonchev–Trinajstić information content (AvgIpc) is 2.21. The van der Waals surface area contributed by atoms with E-state index in [0.29, 0.717) is 19.1 Å². The van der Waals surface area contributed by atoms with Gasteiger partial charge in [-0.15, -0.1) is 0 Å². The molecule has 0 saturated carbocycles. The molecule has 0 spiro atoms. The SMILES string of the molecule is CC(C)OCCN(CCC(N)=NO)C(C)C.